The molecule has 0 atom stereocenters. The Morgan fingerprint density at radius 2 is 1.89 bits per heavy atom. The molecule has 3 aromatic rings. The second-order valence-corrected chi connectivity index (χ2v) is 6.19. The predicted molar refractivity (Wildman–Crippen MR) is 115 cm³/mol. The first-order valence-corrected chi connectivity index (χ1v) is 9.28. The molecule has 0 aliphatic heterocycles. The van der Waals surface area contributed by atoms with Crippen molar-refractivity contribution in [2.75, 3.05) is 5.32 Å². The zero-order valence-corrected chi connectivity index (χ0v) is 16.3. The van der Waals surface area contributed by atoms with E-state index in [1.54, 1.807) is 12.3 Å². The maximum Gasteiger partial charge on any atom is 0.0853 e. The third-order valence-corrected chi connectivity index (χ3v) is 3.78. The summed E-state index contributed by atoms with van der Waals surface area (Å²) in [6.45, 7) is 4.52. The molecule has 6 nitrogen and oxygen atoms in total. The summed E-state index contributed by atoms with van der Waals surface area (Å²) in [5.74, 6) is 0. The van der Waals surface area contributed by atoms with Crippen LogP contribution in [0.1, 0.15) is 37.2 Å². The number of hydrogen-bond acceptors (Lipinski definition) is 6. The highest BCUT2D eigenvalue weighted by atomic mass is 16.3. The molecule has 28 heavy (non-hydrogen) atoms. The van der Waals surface area contributed by atoms with Gasteiger partial charge in [-0.25, -0.2) is 0 Å². The van der Waals surface area contributed by atoms with Crippen molar-refractivity contribution in [1.82, 2.24) is 9.97 Å². The van der Waals surface area contributed by atoms with Gasteiger partial charge in [-0.2, -0.15) is 0 Å². The number of anilines is 2. The maximum absolute atomic E-state index is 9.23. The van der Waals surface area contributed by atoms with Crippen LogP contribution in [0.2, 0.25) is 0 Å². The average molecular weight is 377 g/mol. The molecule has 0 amide bonds. The van der Waals surface area contributed by atoms with Gasteiger partial charge in [-0.3, -0.25) is 9.97 Å². The van der Waals surface area contributed by atoms with Crippen LogP contribution < -0.4 is 11.1 Å². The quantitative estimate of drug-likeness (QED) is 0.480. The third-order valence-electron chi connectivity index (χ3n) is 3.78. The Hall–Kier alpha value is -3.09. The Kier molecular flexibility index (Phi) is 8.27. The number of aliphatic hydroxyl groups excluding tert-OH is 1. The monoisotopic (exact) mass is 377 g/mol. The summed E-state index contributed by atoms with van der Waals surface area (Å²) in [6.07, 6.45) is 4.18. The van der Waals surface area contributed by atoms with Gasteiger partial charge in [0.15, 0.2) is 0 Å². The molecule has 0 radical (unpaired) electrons. The van der Waals surface area contributed by atoms with Crippen LogP contribution in [0.15, 0.2) is 54.7 Å². The minimum absolute atomic E-state index is 0.122. The summed E-state index contributed by atoms with van der Waals surface area (Å²) in [7, 11) is 0. The van der Waals surface area contributed by atoms with E-state index in [1.807, 2.05) is 42.5 Å². The Morgan fingerprint density at radius 3 is 2.57 bits per heavy atom. The molecule has 146 valence electrons. The van der Waals surface area contributed by atoms with Crippen molar-refractivity contribution in [3.05, 3.63) is 71.7 Å². The lowest BCUT2D eigenvalue weighted by Crippen LogP contribution is -2.01. The molecule has 0 aliphatic rings. The van der Waals surface area contributed by atoms with Gasteiger partial charge in [0.2, 0.25) is 0 Å². The Bertz CT molecular complexity index is 911. The molecule has 5 N–H and O–H groups in total. The van der Waals surface area contributed by atoms with E-state index in [4.69, 9.17) is 11.1 Å². The highest BCUT2D eigenvalue weighted by Crippen LogP contribution is 2.26. The molecule has 0 bridgehead atoms. The lowest BCUT2D eigenvalue weighted by molar-refractivity contribution is 0.277. The largest absolute Gasteiger partial charge is 0.390 e. The third kappa shape index (κ3) is 5.70. The van der Waals surface area contributed by atoms with Gasteiger partial charge in [-0.15, -0.1) is 0 Å². The Labute approximate surface area is 166 Å². The van der Waals surface area contributed by atoms with Crippen LogP contribution in [0, 0.1) is 5.41 Å². The van der Waals surface area contributed by atoms with E-state index < -0.39 is 0 Å². The number of aromatic nitrogens is 2. The lowest BCUT2D eigenvalue weighted by atomic mass is 10.1. The molecule has 0 saturated carbocycles. The number of rotatable bonds is 6. The predicted octanol–water partition coefficient (Wildman–Crippen LogP) is 4.25. The Balaban J connectivity index is 0.000000878. The summed E-state index contributed by atoms with van der Waals surface area (Å²) < 4.78 is 0. The highest BCUT2D eigenvalue weighted by Gasteiger charge is 2.07. The van der Waals surface area contributed by atoms with E-state index in [0.717, 1.165) is 33.9 Å². The number of hydrogen-bond donors (Lipinski definition) is 4. The minimum atomic E-state index is -0.122. The molecule has 0 saturated heterocycles. The molecule has 0 fully saturated rings. The molecular weight excluding hydrogens is 350 g/mol. The zero-order valence-electron chi connectivity index (χ0n) is 16.3. The van der Waals surface area contributed by atoms with Gasteiger partial charge in [0.1, 0.15) is 0 Å². The average Bonchev–Trinajstić information content (AvgIpc) is 2.74. The zero-order chi connectivity index (χ0) is 20.4. The fraction of sp³-hybridized carbons (Fsp3) is 0.227. The lowest BCUT2D eigenvalue weighted by Gasteiger charge is -2.12. The molecular formula is C22H27N5O. The molecule has 6 heteroatoms. The number of benzene rings is 1. The first kappa shape index (κ1) is 21.2. The maximum atomic E-state index is 9.23. The topological polar surface area (TPSA) is 108 Å². The molecule has 0 spiro atoms. The van der Waals surface area contributed by atoms with Crippen molar-refractivity contribution in [2.45, 2.75) is 33.4 Å². The van der Waals surface area contributed by atoms with E-state index in [1.165, 1.54) is 12.6 Å². The van der Waals surface area contributed by atoms with Crippen LogP contribution in [-0.4, -0.2) is 21.3 Å². The highest BCUT2D eigenvalue weighted by molar-refractivity contribution is 5.89. The molecule has 2 heterocycles. The number of nitrogens with zero attached hydrogens (tertiary/aromatic N) is 2. The van der Waals surface area contributed by atoms with Crippen molar-refractivity contribution in [3.8, 4) is 11.3 Å². The van der Waals surface area contributed by atoms with Crippen LogP contribution in [0.3, 0.4) is 0 Å². The summed E-state index contributed by atoms with van der Waals surface area (Å²) in [5, 5.41) is 20.1. The molecule has 2 aromatic heterocycles. The summed E-state index contributed by atoms with van der Waals surface area (Å²) in [5.41, 5.74) is 11.2. The summed E-state index contributed by atoms with van der Waals surface area (Å²) in [6, 6.07) is 15.1. The second kappa shape index (κ2) is 10.9. The van der Waals surface area contributed by atoms with Crippen LogP contribution in [0.4, 0.5) is 11.4 Å². The van der Waals surface area contributed by atoms with Gasteiger partial charge in [0.25, 0.3) is 0 Å². The number of nitrogens with one attached hydrogen (secondary N) is 2. The van der Waals surface area contributed by atoms with Crippen molar-refractivity contribution in [2.24, 2.45) is 5.73 Å². The summed E-state index contributed by atoms with van der Waals surface area (Å²) >= 11 is 0. The smallest absolute Gasteiger partial charge is 0.0853 e. The first-order chi connectivity index (χ1) is 13.6. The van der Waals surface area contributed by atoms with Gasteiger partial charge in [0, 0.05) is 41.5 Å². The van der Waals surface area contributed by atoms with Crippen molar-refractivity contribution in [1.29, 1.82) is 5.41 Å². The van der Waals surface area contributed by atoms with E-state index in [2.05, 4.69) is 29.1 Å². The van der Waals surface area contributed by atoms with E-state index in [-0.39, 0.29) is 6.61 Å². The fourth-order valence-electron chi connectivity index (χ4n) is 2.50. The van der Waals surface area contributed by atoms with Crippen molar-refractivity contribution in [3.63, 3.8) is 0 Å². The van der Waals surface area contributed by atoms with Gasteiger partial charge in [0.05, 0.1) is 23.7 Å². The molecule has 1 aromatic carbocycles. The minimum Gasteiger partial charge on any atom is -0.390 e. The van der Waals surface area contributed by atoms with Gasteiger partial charge >= 0.3 is 0 Å². The standard InChI is InChI=1S/C19H19N5O.C3H8/c20-10-14-5-4-13(18-3-1-2-16(11-21)24-18)8-19(14)23-15-6-7-22-17(9-15)12-25;1-3-2/h1-10,20,25H,11-12,21H2,(H,22,23);3H2,1-2H3. The van der Waals surface area contributed by atoms with E-state index >= 15 is 0 Å². The molecule has 3 rings (SSSR count). The van der Waals surface area contributed by atoms with Crippen molar-refractivity contribution < 1.29 is 5.11 Å². The fourth-order valence-corrected chi connectivity index (χ4v) is 2.50. The number of aliphatic hydroxyl groups is 1. The van der Waals surface area contributed by atoms with Gasteiger partial charge < -0.3 is 21.6 Å². The van der Waals surface area contributed by atoms with Crippen LogP contribution in [0.5, 0.6) is 0 Å². The SMILES string of the molecule is CCC.N=Cc1ccc(-c2cccc(CN)n2)cc1Nc1ccnc(CO)c1. The van der Waals surface area contributed by atoms with E-state index in [0.29, 0.717) is 12.2 Å². The van der Waals surface area contributed by atoms with Crippen molar-refractivity contribution >= 4 is 17.6 Å². The van der Waals surface area contributed by atoms with Crippen LogP contribution in [-0.2, 0) is 13.2 Å². The Morgan fingerprint density at radius 1 is 1.11 bits per heavy atom. The second-order valence-electron chi connectivity index (χ2n) is 6.19. The van der Waals surface area contributed by atoms with Crippen LogP contribution >= 0.6 is 0 Å². The van der Waals surface area contributed by atoms with Crippen LogP contribution in [0.25, 0.3) is 11.3 Å². The van der Waals surface area contributed by atoms with Gasteiger partial charge in [-0.1, -0.05) is 38.5 Å². The number of pyridine rings is 2. The summed E-state index contributed by atoms with van der Waals surface area (Å²) in [4.78, 5) is 8.61. The first-order valence-electron chi connectivity index (χ1n) is 9.28. The molecule has 0 aliphatic carbocycles. The molecule has 0 unspecified atom stereocenters. The number of nitrogens with two attached hydrogens (primary N) is 1. The normalized spacial score (nSPS) is 10.0. The van der Waals surface area contributed by atoms with E-state index in [9.17, 15) is 5.11 Å². The van der Waals surface area contributed by atoms with Gasteiger partial charge in [-0.05, 0) is 30.3 Å².